The van der Waals surface area contributed by atoms with E-state index in [1.54, 1.807) is 26.8 Å². The highest BCUT2D eigenvalue weighted by atomic mass is 35.5. The highest BCUT2D eigenvalue weighted by Crippen LogP contribution is 2.28. The summed E-state index contributed by atoms with van der Waals surface area (Å²) in [7, 11) is 0. The molecule has 3 rings (SSSR count). The van der Waals surface area contributed by atoms with Crippen LogP contribution in [0.1, 0.15) is 46.6 Å². The van der Waals surface area contributed by atoms with Crippen molar-refractivity contribution >= 4 is 41.0 Å². The molecule has 2 unspecified atom stereocenters. The number of hydrogen-bond donors (Lipinski definition) is 2. The van der Waals surface area contributed by atoms with Crippen molar-refractivity contribution in [3.05, 3.63) is 23.1 Å². The van der Waals surface area contributed by atoms with Crippen LogP contribution in [0.25, 0.3) is 11.0 Å². The molecular weight excluding hydrogens is 441 g/mol. The minimum atomic E-state index is -1.17. The number of amides is 1. The predicted octanol–water partition coefficient (Wildman–Crippen LogP) is 4.16. The second-order valence-electron chi connectivity index (χ2n) is 7.77. The lowest BCUT2D eigenvalue weighted by molar-refractivity contribution is -0.122. The first-order valence-corrected chi connectivity index (χ1v) is 10.7. The molecule has 2 N–H and O–H groups in total. The number of anilines is 1. The van der Waals surface area contributed by atoms with Crippen LogP contribution in [0.15, 0.2) is 12.4 Å². The normalized spacial score (nSPS) is 17.9. The van der Waals surface area contributed by atoms with Crippen LogP contribution < -0.4 is 10.2 Å². The van der Waals surface area contributed by atoms with Crippen molar-refractivity contribution in [2.75, 3.05) is 18.0 Å². The molecular formula is C21H31ClFN5O4. The van der Waals surface area contributed by atoms with Crippen LogP contribution >= 0.6 is 11.6 Å². The third-order valence-electron chi connectivity index (χ3n) is 4.26. The molecule has 0 saturated carbocycles. The number of pyridine rings is 1. The van der Waals surface area contributed by atoms with Crippen molar-refractivity contribution in [1.29, 1.82) is 0 Å². The van der Waals surface area contributed by atoms with E-state index in [2.05, 4.69) is 20.3 Å². The van der Waals surface area contributed by atoms with Crippen molar-refractivity contribution in [1.82, 2.24) is 20.3 Å². The summed E-state index contributed by atoms with van der Waals surface area (Å²) in [6, 6.07) is 1.03. The van der Waals surface area contributed by atoms with E-state index in [-0.39, 0.29) is 19.4 Å². The predicted molar refractivity (Wildman–Crippen MR) is 122 cm³/mol. The number of carbonyl (C=O) groups excluding carboxylic acids is 1. The summed E-state index contributed by atoms with van der Waals surface area (Å²) in [6.45, 7) is 11.6. The molecule has 1 aliphatic heterocycles. The molecule has 0 radical (unpaired) electrons. The standard InChI is InChI=1S/C18H23ClFN5O2.C2H6.CH2O2/c1-10-7-13(19)24-15-14(10)21-9-22-16(15)25-6-5-11(20)12(8-25)23-17(26)27-18(2,3)4;1-2;2-1-3/h7,9,11-12H,5-6,8H2,1-4H3,(H,23,26);1-2H3;1H,(H,2,3). The SMILES string of the molecule is CC.Cc1cc(Cl)nc2c(N3CCC(F)C(NC(=O)OC(C)(C)C)C3)ncnc12.O=CO. The van der Waals surface area contributed by atoms with Gasteiger partial charge in [-0.1, -0.05) is 25.4 Å². The van der Waals surface area contributed by atoms with Crippen LogP contribution in [0.4, 0.5) is 15.0 Å². The number of ether oxygens (including phenoxy) is 1. The van der Waals surface area contributed by atoms with Gasteiger partial charge in [0, 0.05) is 13.1 Å². The summed E-state index contributed by atoms with van der Waals surface area (Å²) in [6.07, 6.45) is -0.0921. The lowest BCUT2D eigenvalue weighted by Crippen LogP contribution is -2.54. The van der Waals surface area contributed by atoms with Gasteiger partial charge in [0.2, 0.25) is 0 Å². The Morgan fingerprint density at radius 3 is 2.56 bits per heavy atom. The molecule has 1 aliphatic rings. The van der Waals surface area contributed by atoms with Crippen LogP contribution in [-0.2, 0) is 9.53 Å². The number of hydrogen-bond acceptors (Lipinski definition) is 7. The quantitative estimate of drug-likeness (QED) is 0.495. The molecule has 3 heterocycles. The van der Waals surface area contributed by atoms with Crippen molar-refractivity contribution in [3.8, 4) is 0 Å². The highest BCUT2D eigenvalue weighted by Gasteiger charge is 2.33. The molecule has 0 aromatic carbocycles. The van der Waals surface area contributed by atoms with E-state index in [1.165, 1.54) is 6.33 Å². The second-order valence-corrected chi connectivity index (χ2v) is 8.15. The maximum Gasteiger partial charge on any atom is 0.408 e. The Morgan fingerprint density at radius 2 is 1.97 bits per heavy atom. The highest BCUT2D eigenvalue weighted by molar-refractivity contribution is 6.30. The van der Waals surface area contributed by atoms with Crippen molar-refractivity contribution in [2.45, 2.75) is 65.8 Å². The zero-order chi connectivity index (χ0) is 24.5. The number of piperidine rings is 1. The number of carboxylic acid groups (broad SMARTS) is 1. The minimum absolute atomic E-state index is 0.250. The monoisotopic (exact) mass is 471 g/mol. The molecule has 9 nitrogen and oxygen atoms in total. The van der Waals surface area contributed by atoms with Crippen molar-refractivity contribution in [3.63, 3.8) is 0 Å². The Morgan fingerprint density at radius 1 is 1.34 bits per heavy atom. The largest absolute Gasteiger partial charge is 0.483 e. The summed E-state index contributed by atoms with van der Waals surface area (Å²) in [4.78, 5) is 35.3. The lowest BCUT2D eigenvalue weighted by Gasteiger charge is -2.36. The topological polar surface area (TPSA) is 118 Å². The van der Waals surface area contributed by atoms with E-state index in [4.69, 9.17) is 26.2 Å². The van der Waals surface area contributed by atoms with E-state index >= 15 is 0 Å². The van der Waals surface area contributed by atoms with Gasteiger partial charge >= 0.3 is 6.09 Å². The third-order valence-corrected chi connectivity index (χ3v) is 4.45. The molecule has 1 fully saturated rings. The maximum absolute atomic E-state index is 14.4. The fraction of sp³-hybridized carbons (Fsp3) is 0.571. The summed E-state index contributed by atoms with van der Waals surface area (Å²) in [5, 5.41) is 9.86. The van der Waals surface area contributed by atoms with Crippen LogP contribution in [0.3, 0.4) is 0 Å². The molecule has 2 atom stereocenters. The zero-order valence-electron chi connectivity index (χ0n) is 19.2. The number of alkyl carbamates (subject to hydrolysis) is 1. The molecule has 11 heteroatoms. The average molecular weight is 472 g/mol. The number of aryl methyl sites for hydroxylation is 1. The molecule has 0 spiro atoms. The van der Waals surface area contributed by atoms with Gasteiger partial charge in [0.15, 0.2) is 5.82 Å². The van der Waals surface area contributed by atoms with Crippen LogP contribution in [-0.4, -0.2) is 63.5 Å². The lowest BCUT2D eigenvalue weighted by atomic mass is 10.0. The Balaban J connectivity index is 0.000000944. The van der Waals surface area contributed by atoms with E-state index in [0.29, 0.717) is 28.5 Å². The number of fused-ring (bicyclic) bond motifs is 1. The molecule has 1 amide bonds. The molecule has 2 aromatic heterocycles. The first-order valence-electron chi connectivity index (χ1n) is 10.3. The number of halogens is 2. The van der Waals surface area contributed by atoms with Gasteiger partial charge in [-0.05, 0) is 45.7 Å². The van der Waals surface area contributed by atoms with Crippen molar-refractivity contribution < 1.29 is 23.8 Å². The van der Waals surface area contributed by atoms with Crippen LogP contribution in [0.2, 0.25) is 5.15 Å². The Bertz CT molecular complexity index is 910. The molecule has 1 saturated heterocycles. The molecule has 178 valence electrons. The Hall–Kier alpha value is -2.75. The van der Waals surface area contributed by atoms with Gasteiger partial charge < -0.3 is 20.1 Å². The Kier molecular flexibility index (Phi) is 10.5. The first-order chi connectivity index (χ1) is 15.1. The number of rotatable bonds is 2. The molecule has 0 aliphatic carbocycles. The summed E-state index contributed by atoms with van der Waals surface area (Å²) >= 11 is 6.10. The van der Waals surface area contributed by atoms with Gasteiger partial charge in [-0.3, -0.25) is 4.79 Å². The van der Waals surface area contributed by atoms with E-state index in [1.807, 2.05) is 25.7 Å². The van der Waals surface area contributed by atoms with E-state index in [0.717, 1.165) is 5.56 Å². The van der Waals surface area contributed by atoms with Gasteiger partial charge in [-0.15, -0.1) is 0 Å². The average Bonchev–Trinajstić information content (AvgIpc) is 2.70. The van der Waals surface area contributed by atoms with Crippen molar-refractivity contribution in [2.24, 2.45) is 0 Å². The first kappa shape index (κ1) is 27.3. The smallest absolute Gasteiger partial charge is 0.408 e. The summed E-state index contributed by atoms with van der Waals surface area (Å²) in [5.74, 6) is 0.577. The van der Waals surface area contributed by atoms with Gasteiger partial charge in [0.05, 0.1) is 11.6 Å². The molecule has 2 aromatic rings. The number of aromatic nitrogens is 3. The number of alkyl halides is 1. The molecule has 0 bridgehead atoms. The fourth-order valence-electron chi connectivity index (χ4n) is 3.09. The maximum atomic E-state index is 14.4. The van der Waals surface area contributed by atoms with E-state index in [9.17, 15) is 9.18 Å². The third kappa shape index (κ3) is 7.74. The number of nitrogens with one attached hydrogen (secondary N) is 1. The minimum Gasteiger partial charge on any atom is -0.483 e. The Labute approximate surface area is 192 Å². The van der Waals surface area contributed by atoms with Crippen LogP contribution in [0.5, 0.6) is 0 Å². The van der Waals surface area contributed by atoms with Gasteiger partial charge in [0.1, 0.15) is 28.8 Å². The summed E-state index contributed by atoms with van der Waals surface area (Å²) < 4.78 is 19.6. The second kappa shape index (κ2) is 12.3. The zero-order valence-corrected chi connectivity index (χ0v) is 20.0. The van der Waals surface area contributed by atoms with E-state index < -0.39 is 23.9 Å². The molecule has 32 heavy (non-hydrogen) atoms. The number of carbonyl (C=O) groups is 2. The van der Waals surface area contributed by atoms with Gasteiger partial charge in [-0.2, -0.15) is 0 Å². The van der Waals surface area contributed by atoms with Crippen LogP contribution in [0, 0.1) is 6.92 Å². The van der Waals surface area contributed by atoms with Gasteiger partial charge in [-0.25, -0.2) is 24.1 Å². The van der Waals surface area contributed by atoms with Gasteiger partial charge in [0.25, 0.3) is 6.47 Å². The number of nitrogens with zero attached hydrogens (tertiary/aromatic N) is 4. The fourth-order valence-corrected chi connectivity index (χ4v) is 3.34. The summed E-state index contributed by atoms with van der Waals surface area (Å²) in [5.41, 5.74) is 1.50.